The molecule has 0 aromatic rings. The molecule has 1 aliphatic carbocycles. The van der Waals surface area contributed by atoms with Crippen molar-refractivity contribution in [1.29, 1.82) is 0 Å². The van der Waals surface area contributed by atoms with Crippen LogP contribution in [0.4, 0.5) is 0 Å². The predicted octanol–water partition coefficient (Wildman–Crippen LogP) is 1.09. The van der Waals surface area contributed by atoms with Gasteiger partial charge in [0.1, 0.15) is 0 Å². The maximum Gasteiger partial charge on any atom is 0.215 e. The Bertz CT molecular complexity index is 299. The zero-order valence-electron chi connectivity index (χ0n) is 10.5. The van der Waals surface area contributed by atoms with E-state index in [9.17, 15) is 8.42 Å². The summed E-state index contributed by atoms with van der Waals surface area (Å²) in [5, 5.41) is 2.53. The minimum atomic E-state index is -3.16. The van der Waals surface area contributed by atoms with Crippen molar-refractivity contribution >= 4 is 10.0 Å². The molecule has 0 bridgehead atoms. The molecule has 2 N–H and O–H groups in total. The number of hydrogen-bond acceptors (Lipinski definition) is 3. The van der Waals surface area contributed by atoms with E-state index < -0.39 is 10.0 Å². The topological polar surface area (TPSA) is 58.2 Å². The lowest BCUT2D eigenvalue weighted by molar-refractivity contribution is 0.488. The van der Waals surface area contributed by atoms with Crippen LogP contribution in [0, 0.1) is 5.92 Å². The minimum absolute atomic E-state index is 0.122. The van der Waals surface area contributed by atoms with Gasteiger partial charge in [0.05, 0.1) is 5.25 Å². The van der Waals surface area contributed by atoms with Crippen LogP contribution in [0.25, 0.3) is 0 Å². The molecule has 0 amide bonds. The first-order valence-corrected chi connectivity index (χ1v) is 7.70. The molecule has 1 rings (SSSR count). The third kappa shape index (κ3) is 4.39. The average molecular weight is 248 g/mol. The Morgan fingerprint density at radius 2 is 2.00 bits per heavy atom. The molecular formula is C11H24N2O2S. The van der Waals surface area contributed by atoms with Crippen LogP contribution in [-0.2, 0) is 10.0 Å². The van der Waals surface area contributed by atoms with Gasteiger partial charge in [-0.3, -0.25) is 0 Å². The van der Waals surface area contributed by atoms with Gasteiger partial charge in [0.2, 0.25) is 10.0 Å². The van der Waals surface area contributed by atoms with Gasteiger partial charge in [-0.2, -0.15) is 0 Å². The largest absolute Gasteiger partial charge is 0.318 e. The van der Waals surface area contributed by atoms with E-state index in [2.05, 4.69) is 10.0 Å². The first kappa shape index (κ1) is 13.9. The van der Waals surface area contributed by atoms with E-state index in [-0.39, 0.29) is 11.3 Å². The van der Waals surface area contributed by atoms with E-state index in [1.165, 1.54) is 12.8 Å². The van der Waals surface area contributed by atoms with Gasteiger partial charge < -0.3 is 5.32 Å². The molecule has 0 aromatic heterocycles. The molecular weight excluding hydrogens is 224 g/mol. The van der Waals surface area contributed by atoms with Gasteiger partial charge in [-0.1, -0.05) is 19.8 Å². The first-order chi connectivity index (χ1) is 7.49. The molecule has 0 aromatic carbocycles. The van der Waals surface area contributed by atoms with Crippen LogP contribution >= 0.6 is 0 Å². The summed E-state index contributed by atoms with van der Waals surface area (Å²) in [6.07, 6.45) is 4.42. The van der Waals surface area contributed by atoms with Crippen molar-refractivity contribution in [2.45, 2.75) is 50.8 Å². The fourth-order valence-corrected chi connectivity index (χ4v) is 3.15. The highest BCUT2D eigenvalue weighted by Gasteiger charge is 2.28. The molecule has 0 aliphatic heterocycles. The molecule has 2 unspecified atom stereocenters. The monoisotopic (exact) mass is 248 g/mol. The first-order valence-electron chi connectivity index (χ1n) is 6.15. The molecule has 1 aliphatic rings. The van der Waals surface area contributed by atoms with E-state index in [0.717, 1.165) is 18.8 Å². The normalized spacial score (nSPS) is 20.7. The van der Waals surface area contributed by atoms with E-state index >= 15 is 0 Å². The molecule has 1 saturated carbocycles. The lowest BCUT2D eigenvalue weighted by Gasteiger charge is -2.20. The Hall–Kier alpha value is -0.130. The Morgan fingerprint density at radius 3 is 2.44 bits per heavy atom. The van der Waals surface area contributed by atoms with Crippen LogP contribution in [-0.4, -0.2) is 33.3 Å². The molecule has 0 radical (unpaired) electrons. The SMILES string of the molecule is CCC(CC1CC1)NS(=O)(=O)C(C)CNC. The molecule has 0 spiro atoms. The van der Waals surface area contributed by atoms with E-state index in [1.54, 1.807) is 14.0 Å². The van der Waals surface area contributed by atoms with Gasteiger partial charge in [0.15, 0.2) is 0 Å². The second-order valence-corrected chi connectivity index (χ2v) is 6.95. The standard InChI is InChI=1S/C11H24N2O2S/c1-4-11(7-10-5-6-10)13-16(14,15)9(2)8-12-3/h9-13H,4-8H2,1-3H3. The summed E-state index contributed by atoms with van der Waals surface area (Å²) in [6, 6.07) is 0.122. The van der Waals surface area contributed by atoms with Crippen LogP contribution in [0.5, 0.6) is 0 Å². The van der Waals surface area contributed by atoms with Gasteiger partial charge in [-0.05, 0) is 32.7 Å². The molecule has 4 nitrogen and oxygen atoms in total. The Kier molecular flexibility index (Phi) is 5.21. The summed E-state index contributed by atoms with van der Waals surface area (Å²) in [5.41, 5.74) is 0. The summed E-state index contributed by atoms with van der Waals surface area (Å²) < 4.78 is 26.7. The second kappa shape index (κ2) is 5.98. The lowest BCUT2D eigenvalue weighted by Crippen LogP contribution is -2.43. The smallest absolute Gasteiger partial charge is 0.215 e. The maximum absolute atomic E-state index is 11.9. The molecule has 0 heterocycles. The summed E-state index contributed by atoms with van der Waals surface area (Å²) in [4.78, 5) is 0. The van der Waals surface area contributed by atoms with E-state index in [0.29, 0.717) is 6.54 Å². The highest BCUT2D eigenvalue weighted by Crippen LogP contribution is 2.34. The van der Waals surface area contributed by atoms with Gasteiger partial charge in [-0.25, -0.2) is 13.1 Å². The van der Waals surface area contributed by atoms with Crippen LogP contribution in [0.15, 0.2) is 0 Å². The third-order valence-corrected chi connectivity index (χ3v) is 5.05. The average Bonchev–Trinajstić information content (AvgIpc) is 3.00. The fourth-order valence-electron chi connectivity index (χ4n) is 1.80. The summed E-state index contributed by atoms with van der Waals surface area (Å²) >= 11 is 0. The zero-order valence-corrected chi connectivity index (χ0v) is 11.3. The maximum atomic E-state index is 11.9. The van der Waals surface area contributed by atoms with E-state index in [1.807, 2.05) is 6.92 Å². The van der Waals surface area contributed by atoms with Gasteiger partial charge >= 0.3 is 0 Å². The van der Waals surface area contributed by atoms with Crippen molar-refractivity contribution in [3.63, 3.8) is 0 Å². The Labute approximate surface area is 99.2 Å². The van der Waals surface area contributed by atoms with Crippen LogP contribution in [0.2, 0.25) is 0 Å². The van der Waals surface area contributed by atoms with Crippen molar-refractivity contribution in [2.24, 2.45) is 5.92 Å². The third-order valence-electron chi connectivity index (χ3n) is 3.16. The highest BCUT2D eigenvalue weighted by atomic mass is 32.2. The summed E-state index contributed by atoms with van der Waals surface area (Å²) in [5.74, 6) is 0.757. The van der Waals surface area contributed by atoms with Gasteiger partial charge in [0, 0.05) is 12.6 Å². The van der Waals surface area contributed by atoms with Crippen molar-refractivity contribution in [3.8, 4) is 0 Å². The summed E-state index contributed by atoms with van der Waals surface area (Å²) in [6.45, 7) is 4.27. The molecule has 1 fully saturated rings. The van der Waals surface area contributed by atoms with Crippen molar-refractivity contribution in [2.75, 3.05) is 13.6 Å². The van der Waals surface area contributed by atoms with E-state index in [4.69, 9.17) is 0 Å². The van der Waals surface area contributed by atoms with Crippen LogP contribution in [0.3, 0.4) is 0 Å². The Balaban J connectivity index is 2.47. The lowest BCUT2D eigenvalue weighted by atomic mass is 10.1. The van der Waals surface area contributed by atoms with Gasteiger partial charge in [0.25, 0.3) is 0 Å². The van der Waals surface area contributed by atoms with Gasteiger partial charge in [-0.15, -0.1) is 0 Å². The Morgan fingerprint density at radius 1 is 1.38 bits per heavy atom. The van der Waals surface area contributed by atoms with Crippen molar-refractivity contribution in [3.05, 3.63) is 0 Å². The predicted molar refractivity (Wildman–Crippen MR) is 66.9 cm³/mol. The number of rotatable bonds is 8. The minimum Gasteiger partial charge on any atom is -0.318 e. The summed E-state index contributed by atoms with van der Waals surface area (Å²) in [7, 11) is -1.39. The molecule has 2 atom stereocenters. The van der Waals surface area contributed by atoms with Crippen LogP contribution < -0.4 is 10.0 Å². The highest BCUT2D eigenvalue weighted by molar-refractivity contribution is 7.90. The fraction of sp³-hybridized carbons (Fsp3) is 1.00. The quantitative estimate of drug-likeness (QED) is 0.676. The van der Waals surface area contributed by atoms with Crippen molar-refractivity contribution in [1.82, 2.24) is 10.0 Å². The number of hydrogen-bond donors (Lipinski definition) is 2. The number of nitrogens with one attached hydrogen (secondary N) is 2. The molecule has 16 heavy (non-hydrogen) atoms. The zero-order chi connectivity index (χ0) is 12.2. The molecule has 0 saturated heterocycles. The van der Waals surface area contributed by atoms with Crippen molar-refractivity contribution < 1.29 is 8.42 Å². The van der Waals surface area contributed by atoms with Crippen LogP contribution in [0.1, 0.15) is 39.5 Å². The second-order valence-electron chi connectivity index (χ2n) is 4.82. The molecule has 96 valence electrons. The number of sulfonamides is 1. The molecule has 5 heteroatoms.